The zero-order chi connectivity index (χ0) is 21.0. The van der Waals surface area contributed by atoms with E-state index in [0.717, 1.165) is 10.6 Å². The molecule has 9 heteroatoms. The zero-order valence-corrected chi connectivity index (χ0v) is 17.8. The van der Waals surface area contributed by atoms with Crippen molar-refractivity contribution in [2.45, 2.75) is 37.0 Å². The Hall–Kier alpha value is -2.49. The molecule has 0 radical (unpaired) electrons. The third-order valence-electron chi connectivity index (χ3n) is 4.37. The molecule has 0 bridgehead atoms. The van der Waals surface area contributed by atoms with Crippen LogP contribution in [0, 0.1) is 0 Å². The van der Waals surface area contributed by atoms with E-state index in [-0.39, 0.29) is 30.4 Å². The second-order valence-corrected chi connectivity index (χ2v) is 10.3. The van der Waals surface area contributed by atoms with Gasteiger partial charge in [-0.3, -0.25) is 4.79 Å². The van der Waals surface area contributed by atoms with Crippen molar-refractivity contribution in [3.63, 3.8) is 0 Å². The predicted molar refractivity (Wildman–Crippen MR) is 114 cm³/mol. The lowest BCUT2D eigenvalue weighted by Gasteiger charge is -2.09. The van der Waals surface area contributed by atoms with Gasteiger partial charge in [0, 0.05) is 6.07 Å². The summed E-state index contributed by atoms with van der Waals surface area (Å²) in [6, 6.07) is 12.0. The molecule has 0 spiro atoms. The quantitative estimate of drug-likeness (QED) is 0.569. The number of aromatic nitrogens is 2. The fourth-order valence-electron chi connectivity index (χ4n) is 2.77. The van der Waals surface area contributed by atoms with Crippen LogP contribution in [0.25, 0.3) is 10.6 Å². The van der Waals surface area contributed by atoms with E-state index in [2.05, 4.69) is 10.4 Å². The molecule has 3 rings (SSSR count). The van der Waals surface area contributed by atoms with Crippen LogP contribution in [0.15, 0.2) is 52.7 Å². The highest BCUT2D eigenvalue weighted by Gasteiger charge is 2.19. The number of thiophene rings is 1. The lowest BCUT2D eigenvalue weighted by Crippen LogP contribution is -2.18. The first-order valence-corrected chi connectivity index (χ1v) is 11.6. The molecule has 0 fully saturated rings. The second kappa shape index (κ2) is 8.89. The maximum Gasteiger partial charge on any atom is 0.229 e. The predicted octanol–water partition coefficient (Wildman–Crippen LogP) is 2.97. The normalized spacial score (nSPS) is 11.7. The monoisotopic (exact) mass is 433 g/mol. The van der Waals surface area contributed by atoms with E-state index in [1.165, 1.54) is 12.1 Å². The van der Waals surface area contributed by atoms with Crippen molar-refractivity contribution in [1.29, 1.82) is 0 Å². The minimum absolute atomic E-state index is 0.0970. The number of anilines is 1. The standard InChI is InChI=1S/C20H23N3O4S2/c1-14(2)29(26,27)16-7-5-15(6-8-16)12-20(25)21-19-13-17(18-4-3-11-28-18)22-23(19)9-10-24/h3-8,11,13-14,24H,9-10,12H2,1-2H3,(H,21,25). The van der Waals surface area contributed by atoms with Crippen molar-refractivity contribution < 1.29 is 18.3 Å². The van der Waals surface area contributed by atoms with E-state index in [0.29, 0.717) is 11.4 Å². The summed E-state index contributed by atoms with van der Waals surface area (Å²) in [5.41, 5.74) is 1.43. The number of hydrogen-bond acceptors (Lipinski definition) is 6. The van der Waals surface area contributed by atoms with E-state index in [9.17, 15) is 18.3 Å². The highest BCUT2D eigenvalue weighted by Crippen LogP contribution is 2.26. The van der Waals surface area contributed by atoms with E-state index in [4.69, 9.17) is 0 Å². The van der Waals surface area contributed by atoms with Crippen molar-refractivity contribution in [2.75, 3.05) is 11.9 Å². The van der Waals surface area contributed by atoms with Gasteiger partial charge in [-0.2, -0.15) is 5.10 Å². The van der Waals surface area contributed by atoms with Gasteiger partial charge in [0.2, 0.25) is 5.91 Å². The van der Waals surface area contributed by atoms with Crippen LogP contribution in [0.2, 0.25) is 0 Å². The highest BCUT2D eigenvalue weighted by atomic mass is 32.2. The van der Waals surface area contributed by atoms with Crippen LogP contribution in [0.1, 0.15) is 19.4 Å². The Morgan fingerprint density at radius 2 is 1.97 bits per heavy atom. The van der Waals surface area contributed by atoms with Gasteiger partial charge in [-0.05, 0) is 43.0 Å². The van der Waals surface area contributed by atoms with Gasteiger partial charge >= 0.3 is 0 Å². The number of amides is 1. The van der Waals surface area contributed by atoms with Gasteiger partial charge in [0.15, 0.2) is 9.84 Å². The molecule has 29 heavy (non-hydrogen) atoms. The summed E-state index contributed by atoms with van der Waals surface area (Å²) in [5, 5.41) is 18.0. The molecule has 7 nitrogen and oxygen atoms in total. The molecule has 0 saturated heterocycles. The highest BCUT2D eigenvalue weighted by molar-refractivity contribution is 7.92. The number of nitrogens with one attached hydrogen (secondary N) is 1. The van der Waals surface area contributed by atoms with Crippen LogP contribution in [-0.4, -0.2) is 41.1 Å². The van der Waals surface area contributed by atoms with E-state index in [1.807, 2.05) is 17.5 Å². The fourth-order valence-corrected chi connectivity index (χ4v) is 4.51. The smallest absolute Gasteiger partial charge is 0.229 e. The topological polar surface area (TPSA) is 101 Å². The van der Waals surface area contributed by atoms with E-state index >= 15 is 0 Å². The minimum atomic E-state index is -3.34. The van der Waals surface area contributed by atoms with Crippen LogP contribution < -0.4 is 5.32 Å². The van der Waals surface area contributed by atoms with Crippen molar-refractivity contribution >= 4 is 32.9 Å². The molecule has 3 aromatic rings. The maximum atomic E-state index is 12.5. The van der Waals surface area contributed by atoms with Gasteiger partial charge in [0.05, 0.1) is 34.6 Å². The van der Waals surface area contributed by atoms with Crippen LogP contribution in [0.5, 0.6) is 0 Å². The number of benzene rings is 1. The molecule has 2 heterocycles. The SMILES string of the molecule is CC(C)S(=O)(=O)c1ccc(CC(=O)Nc2cc(-c3cccs3)nn2CCO)cc1. The number of rotatable bonds is 8. The molecule has 154 valence electrons. The van der Waals surface area contributed by atoms with Crippen molar-refractivity contribution in [3.8, 4) is 10.6 Å². The summed E-state index contributed by atoms with van der Waals surface area (Å²) in [6.07, 6.45) is 0.0979. The maximum absolute atomic E-state index is 12.5. The number of aliphatic hydroxyl groups is 1. The molecular weight excluding hydrogens is 410 g/mol. The Morgan fingerprint density at radius 1 is 1.24 bits per heavy atom. The largest absolute Gasteiger partial charge is 0.394 e. The third-order valence-corrected chi connectivity index (χ3v) is 7.43. The average molecular weight is 434 g/mol. The molecule has 0 atom stereocenters. The second-order valence-electron chi connectivity index (χ2n) is 6.80. The number of carbonyl (C=O) groups excluding carboxylic acids is 1. The Labute approximate surface area is 173 Å². The molecule has 0 aliphatic rings. The van der Waals surface area contributed by atoms with Crippen LogP contribution >= 0.6 is 11.3 Å². The number of aliphatic hydroxyl groups excluding tert-OH is 1. The summed E-state index contributed by atoms with van der Waals surface area (Å²) >= 11 is 1.54. The molecule has 2 aromatic heterocycles. The molecule has 0 saturated carbocycles. The summed E-state index contributed by atoms with van der Waals surface area (Å²) in [5.74, 6) is 0.257. The van der Waals surface area contributed by atoms with E-state index < -0.39 is 15.1 Å². The summed E-state index contributed by atoms with van der Waals surface area (Å²) in [7, 11) is -3.34. The van der Waals surface area contributed by atoms with Crippen LogP contribution in [0.4, 0.5) is 5.82 Å². The van der Waals surface area contributed by atoms with Crippen LogP contribution in [-0.2, 0) is 27.6 Å². The number of hydrogen-bond donors (Lipinski definition) is 2. The van der Waals surface area contributed by atoms with Gasteiger partial charge in [-0.25, -0.2) is 13.1 Å². The molecule has 0 aliphatic carbocycles. The lowest BCUT2D eigenvalue weighted by molar-refractivity contribution is -0.115. The first kappa shape index (κ1) is 21.2. The van der Waals surface area contributed by atoms with Crippen LogP contribution in [0.3, 0.4) is 0 Å². The molecule has 0 aliphatic heterocycles. The third kappa shape index (κ3) is 4.92. The Morgan fingerprint density at radius 3 is 2.55 bits per heavy atom. The van der Waals surface area contributed by atoms with Gasteiger partial charge in [-0.1, -0.05) is 18.2 Å². The Bertz CT molecular complexity index is 1070. The van der Waals surface area contributed by atoms with Crippen molar-refractivity contribution in [1.82, 2.24) is 9.78 Å². The Kier molecular flexibility index (Phi) is 6.51. The van der Waals surface area contributed by atoms with Gasteiger partial charge < -0.3 is 10.4 Å². The Balaban J connectivity index is 1.72. The van der Waals surface area contributed by atoms with Gasteiger partial charge in [0.1, 0.15) is 11.5 Å². The fraction of sp³-hybridized carbons (Fsp3) is 0.300. The van der Waals surface area contributed by atoms with Gasteiger partial charge in [0.25, 0.3) is 0 Å². The molecule has 1 aromatic carbocycles. The minimum Gasteiger partial charge on any atom is -0.394 e. The first-order chi connectivity index (χ1) is 13.8. The number of carbonyl (C=O) groups is 1. The van der Waals surface area contributed by atoms with Crippen molar-refractivity contribution in [3.05, 3.63) is 53.4 Å². The summed E-state index contributed by atoms with van der Waals surface area (Å²) in [4.78, 5) is 13.7. The zero-order valence-electron chi connectivity index (χ0n) is 16.2. The molecule has 2 N–H and O–H groups in total. The average Bonchev–Trinajstić information content (AvgIpc) is 3.33. The van der Waals surface area contributed by atoms with Gasteiger partial charge in [-0.15, -0.1) is 11.3 Å². The lowest BCUT2D eigenvalue weighted by atomic mass is 10.1. The van der Waals surface area contributed by atoms with E-state index in [1.54, 1.807) is 48.1 Å². The summed E-state index contributed by atoms with van der Waals surface area (Å²) in [6.45, 7) is 3.44. The number of nitrogens with zero attached hydrogens (tertiary/aromatic N) is 2. The molecular formula is C20H23N3O4S2. The molecule has 1 amide bonds. The number of sulfone groups is 1. The molecule has 0 unspecified atom stereocenters. The van der Waals surface area contributed by atoms with Crippen molar-refractivity contribution in [2.24, 2.45) is 0 Å². The summed E-state index contributed by atoms with van der Waals surface area (Å²) < 4.78 is 26.0. The first-order valence-electron chi connectivity index (χ1n) is 9.16.